The lowest BCUT2D eigenvalue weighted by Crippen LogP contribution is -2.25. The van der Waals surface area contributed by atoms with Gasteiger partial charge < -0.3 is 5.11 Å². The zero-order valence-corrected chi connectivity index (χ0v) is 20.6. The molecule has 1 N–H and O–H groups in total. The Bertz CT molecular complexity index is 2100. The predicted molar refractivity (Wildman–Crippen MR) is 157 cm³/mol. The summed E-state index contributed by atoms with van der Waals surface area (Å²) in [7, 11) is 0. The van der Waals surface area contributed by atoms with Gasteiger partial charge in [0.25, 0.3) is 0 Å². The topological polar surface area (TPSA) is 20.2 Å². The molecule has 0 radical (unpaired) electrons. The molecule has 7 aromatic carbocycles. The van der Waals surface area contributed by atoms with Gasteiger partial charge in [-0.15, -0.1) is 0 Å². The minimum Gasteiger partial charge on any atom is -0.508 e. The molecule has 0 saturated carbocycles. The molecule has 0 fully saturated rings. The van der Waals surface area contributed by atoms with Crippen molar-refractivity contribution in [1.82, 2.24) is 0 Å². The van der Waals surface area contributed by atoms with Crippen molar-refractivity contribution in [2.24, 2.45) is 0 Å². The molecule has 9 rings (SSSR count). The zero-order valence-electron chi connectivity index (χ0n) is 20.6. The normalized spacial score (nSPS) is 14.1. The lowest BCUT2D eigenvalue weighted by atomic mass is 9.70. The van der Waals surface area contributed by atoms with Crippen molar-refractivity contribution in [2.75, 3.05) is 0 Å². The van der Waals surface area contributed by atoms with Gasteiger partial charge in [-0.2, -0.15) is 0 Å². The first-order valence-corrected chi connectivity index (χ1v) is 13.2. The van der Waals surface area contributed by atoms with Gasteiger partial charge in [0.15, 0.2) is 0 Å². The number of hydrogen-bond acceptors (Lipinski definition) is 1. The van der Waals surface area contributed by atoms with Gasteiger partial charge in [-0.25, -0.2) is 0 Å². The second-order valence-electron chi connectivity index (χ2n) is 10.6. The molecular weight excluding hydrogens is 460 g/mol. The molecule has 0 atom stereocenters. The van der Waals surface area contributed by atoms with Crippen molar-refractivity contribution >= 4 is 32.3 Å². The van der Waals surface area contributed by atoms with Crippen molar-refractivity contribution in [3.63, 3.8) is 0 Å². The maximum Gasteiger partial charge on any atom is 0.116 e. The van der Waals surface area contributed by atoms with Crippen LogP contribution in [0.5, 0.6) is 5.75 Å². The third-order valence-corrected chi connectivity index (χ3v) is 8.94. The van der Waals surface area contributed by atoms with E-state index < -0.39 is 0 Å². The molecule has 1 nitrogen and oxygen atoms in total. The number of aromatic hydroxyl groups is 1. The fraction of sp³-hybridized carbons (Fsp3) is 0.0270. The maximum atomic E-state index is 10.4. The molecular formula is C37H22O. The Hall–Kier alpha value is -4.88. The third-order valence-electron chi connectivity index (χ3n) is 8.94. The molecule has 0 amide bonds. The summed E-state index contributed by atoms with van der Waals surface area (Å²) in [6, 6.07) is 46.1. The molecule has 7 aromatic rings. The smallest absolute Gasteiger partial charge is 0.116 e. The molecule has 1 spiro atoms. The van der Waals surface area contributed by atoms with Gasteiger partial charge in [0, 0.05) is 0 Å². The monoisotopic (exact) mass is 482 g/mol. The number of phenolic OH excluding ortho intramolecular Hbond substituents is 1. The largest absolute Gasteiger partial charge is 0.508 e. The lowest BCUT2D eigenvalue weighted by molar-refractivity contribution is 0.476. The van der Waals surface area contributed by atoms with E-state index in [4.69, 9.17) is 0 Å². The summed E-state index contributed by atoms with van der Waals surface area (Å²) in [4.78, 5) is 0. The Morgan fingerprint density at radius 3 is 1.39 bits per heavy atom. The van der Waals surface area contributed by atoms with Gasteiger partial charge in [-0.1, -0.05) is 103 Å². The average Bonchev–Trinajstić information content (AvgIpc) is 3.43. The predicted octanol–water partition coefficient (Wildman–Crippen LogP) is 9.20. The van der Waals surface area contributed by atoms with Gasteiger partial charge >= 0.3 is 0 Å². The lowest BCUT2D eigenvalue weighted by Gasteiger charge is -2.30. The Kier molecular flexibility index (Phi) is 3.67. The number of rotatable bonds is 0. The standard InChI is InChI=1S/C37H22O/c38-22-17-18-25-29(19-22)23-9-1-2-10-24(23)30-20-32-28-13-5-8-16-35(28)37(36(32)21-31(25)30)33-14-6-3-11-26(33)27-12-4-7-15-34(27)37/h1-21,38H. The summed E-state index contributed by atoms with van der Waals surface area (Å²) in [5, 5.41) is 17.5. The fourth-order valence-corrected chi connectivity index (χ4v) is 7.53. The Morgan fingerprint density at radius 2 is 0.789 bits per heavy atom. The first-order chi connectivity index (χ1) is 18.8. The van der Waals surface area contributed by atoms with E-state index in [1.807, 2.05) is 12.1 Å². The molecule has 176 valence electrons. The number of fused-ring (bicyclic) bond motifs is 16. The van der Waals surface area contributed by atoms with E-state index in [2.05, 4.69) is 115 Å². The van der Waals surface area contributed by atoms with Crippen LogP contribution in [-0.4, -0.2) is 5.11 Å². The van der Waals surface area contributed by atoms with Crippen LogP contribution in [0.1, 0.15) is 22.3 Å². The Balaban J connectivity index is 1.53. The minimum absolute atomic E-state index is 0.297. The fourth-order valence-electron chi connectivity index (χ4n) is 7.53. The average molecular weight is 483 g/mol. The van der Waals surface area contributed by atoms with Crippen LogP contribution >= 0.6 is 0 Å². The molecule has 0 aliphatic heterocycles. The quantitative estimate of drug-likeness (QED) is 0.214. The van der Waals surface area contributed by atoms with Gasteiger partial charge in [-0.05, 0) is 101 Å². The molecule has 0 bridgehead atoms. The van der Waals surface area contributed by atoms with Crippen molar-refractivity contribution in [3.8, 4) is 28.0 Å². The molecule has 1 heteroatoms. The first kappa shape index (κ1) is 20.2. The summed E-state index contributed by atoms with van der Waals surface area (Å²) in [5.41, 5.74) is 10.3. The zero-order chi connectivity index (χ0) is 25.0. The summed E-state index contributed by atoms with van der Waals surface area (Å²) in [6.45, 7) is 0. The summed E-state index contributed by atoms with van der Waals surface area (Å²) >= 11 is 0. The van der Waals surface area contributed by atoms with Crippen LogP contribution in [0.25, 0.3) is 54.6 Å². The van der Waals surface area contributed by atoms with Crippen LogP contribution in [0.4, 0.5) is 0 Å². The highest BCUT2D eigenvalue weighted by molar-refractivity contribution is 6.26. The summed E-state index contributed by atoms with van der Waals surface area (Å²) in [6.07, 6.45) is 0. The van der Waals surface area contributed by atoms with Gasteiger partial charge in [0.1, 0.15) is 5.75 Å². The van der Waals surface area contributed by atoms with Crippen molar-refractivity contribution in [1.29, 1.82) is 0 Å². The van der Waals surface area contributed by atoms with Gasteiger partial charge in [0.2, 0.25) is 0 Å². The van der Waals surface area contributed by atoms with E-state index in [1.54, 1.807) is 0 Å². The molecule has 0 unspecified atom stereocenters. The minimum atomic E-state index is -0.359. The maximum absolute atomic E-state index is 10.4. The molecule has 0 heterocycles. The van der Waals surface area contributed by atoms with Crippen molar-refractivity contribution in [3.05, 3.63) is 150 Å². The number of benzene rings is 7. The van der Waals surface area contributed by atoms with Gasteiger partial charge in [0.05, 0.1) is 5.41 Å². The van der Waals surface area contributed by atoms with E-state index in [1.165, 1.54) is 71.4 Å². The molecule has 0 aromatic heterocycles. The SMILES string of the molecule is Oc1ccc2c(c1)c1ccccc1c1cc3c(cc21)C1(c2ccccc2-c2ccccc21)c1ccccc1-3. The van der Waals surface area contributed by atoms with Crippen LogP contribution in [0.3, 0.4) is 0 Å². The molecule has 2 aliphatic carbocycles. The van der Waals surface area contributed by atoms with Crippen LogP contribution in [0, 0.1) is 0 Å². The van der Waals surface area contributed by atoms with E-state index in [-0.39, 0.29) is 5.41 Å². The van der Waals surface area contributed by atoms with Crippen molar-refractivity contribution < 1.29 is 5.11 Å². The number of phenols is 1. The van der Waals surface area contributed by atoms with E-state index >= 15 is 0 Å². The van der Waals surface area contributed by atoms with Crippen LogP contribution in [-0.2, 0) is 5.41 Å². The summed E-state index contributed by atoms with van der Waals surface area (Å²) < 4.78 is 0. The summed E-state index contributed by atoms with van der Waals surface area (Å²) in [5.74, 6) is 0.297. The number of hydrogen-bond donors (Lipinski definition) is 1. The van der Waals surface area contributed by atoms with E-state index in [9.17, 15) is 5.11 Å². The Labute approximate surface area is 220 Å². The highest BCUT2D eigenvalue weighted by atomic mass is 16.3. The second kappa shape index (κ2) is 6.90. The molecule has 2 aliphatic rings. The highest BCUT2D eigenvalue weighted by Crippen LogP contribution is 2.63. The van der Waals surface area contributed by atoms with Crippen LogP contribution < -0.4 is 0 Å². The van der Waals surface area contributed by atoms with Crippen LogP contribution in [0.2, 0.25) is 0 Å². The van der Waals surface area contributed by atoms with E-state index in [0.717, 1.165) is 5.39 Å². The van der Waals surface area contributed by atoms with Crippen LogP contribution in [0.15, 0.2) is 127 Å². The molecule has 38 heavy (non-hydrogen) atoms. The second-order valence-corrected chi connectivity index (χ2v) is 10.6. The third kappa shape index (κ3) is 2.25. The first-order valence-electron chi connectivity index (χ1n) is 13.2. The molecule has 0 saturated heterocycles. The van der Waals surface area contributed by atoms with Gasteiger partial charge in [-0.3, -0.25) is 0 Å². The van der Waals surface area contributed by atoms with E-state index in [0.29, 0.717) is 5.75 Å². The van der Waals surface area contributed by atoms with Crippen molar-refractivity contribution in [2.45, 2.75) is 5.41 Å². The Morgan fingerprint density at radius 1 is 0.342 bits per heavy atom. The highest BCUT2D eigenvalue weighted by Gasteiger charge is 2.51.